The van der Waals surface area contributed by atoms with Gasteiger partial charge >= 0.3 is 0 Å². The third-order valence-corrected chi connectivity index (χ3v) is 15.6. The van der Waals surface area contributed by atoms with E-state index >= 15 is 0 Å². The fourth-order valence-corrected chi connectivity index (χ4v) is 11.2. The van der Waals surface area contributed by atoms with Gasteiger partial charge < -0.3 is 40.2 Å². The molecule has 2 aromatic carbocycles. The van der Waals surface area contributed by atoms with Crippen molar-refractivity contribution in [2.75, 3.05) is 135 Å². The van der Waals surface area contributed by atoms with Gasteiger partial charge in [-0.2, -0.15) is 0 Å². The van der Waals surface area contributed by atoms with E-state index in [2.05, 4.69) is 67.2 Å². The van der Waals surface area contributed by atoms with Gasteiger partial charge in [-0.25, -0.2) is 19.9 Å². The van der Waals surface area contributed by atoms with E-state index in [1.54, 1.807) is 24.5 Å². The normalized spacial score (nSPS) is 19.9. The SMILES string of the molecule is CN(C/C=C/C(=O)N1CCN(CCN2CCC[C@@H](Nc3ncc(Cl)c(-c4c[nH]c5ccccc45)n3)C2)CC1)C/C=C/C(=O)N1CCN(CCN2CCC[C@@H](Nc3ncc(Cl)c(-c4c[nH]c5ccccc45)n3)C2)CC1. The van der Waals surface area contributed by atoms with Crippen LogP contribution in [-0.4, -0.2) is 213 Å². The fraction of sp³-hybridized carbons (Fsp3) is 0.455. The first-order valence-electron chi connectivity index (χ1n) is 26.4. The van der Waals surface area contributed by atoms with Gasteiger partial charge in [-0.3, -0.25) is 24.3 Å². The van der Waals surface area contributed by atoms with Crippen molar-refractivity contribution in [2.24, 2.45) is 0 Å². The van der Waals surface area contributed by atoms with Gasteiger partial charge in [0.05, 0.1) is 33.8 Å². The van der Waals surface area contributed by atoms with Crippen LogP contribution >= 0.6 is 23.2 Å². The second-order valence-electron chi connectivity index (χ2n) is 20.2. The summed E-state index contributed by atoms with van der Waals surface area (Å²) in [6.07, 6.45) is 18.9. The lowest BCUT2D eigenvalue weighted by molar-refractivity contribution is -0.128. The van der Waals surface area contributed by atoms with Crippen LogP contribution in [0.3, 0.4) is 0 Å². The number of aromatic nitrogens is 6. The Labute approximate surface area is 444 Å². The zero-order valence-corrected chi connectivity index (χ0v) is 44.0. The van der Waals surface area contributed by atoms with Crippen LogP contribution in [0, 0.1) is 0 Å². The van der Waals surface area contributed by atoms with Gasteiger partial charge in [0.25, 0.3) is 0 Å². The first-order valence-corrected chi connectivity index (χ1v) is 27.1. The number of nitrogens with one attached hydrogen (secondary N) is 4. The van der Waals surface area contributed by atoms with Crippen molar-refractivity contribution in [2.45, 2.75) is 37.8 Å². The number of carbonyl (C=O) groups excluding carboxylic acids is 2. The van der Waals surface area contributed by atoms with E-state index in [-0.39, 0.29) is 23.9 Å². The van der Waals surface area contributed by atoms with E-state index in [0.717, 1.165) is 175 Å². The number of fused-ring (bicyclic) bond motifs is 2. The highest BCUT2D eigenvalue weighted by atomic mass is 35.5. The number of halogens is 2. The lowest BCUT2D eigenvalue weighted by Crippen LogP contribution is -2.51. The van der Waals surface area contributed by atoms with Crippen LogP contribution in [0.15, 0.2) is 97.6 Å². The lowest BCUT2D eigenvalue weighted by atomic mass is 10.1. The Hall–Kier alpha value is -5.92. The topological polar surface area (TPSA) is 164 Å². The van der Waals surface area contributed by atoms with E-state index in [0.29, 0.717) is 35.0 Å². The van der Waals surface area contributed by atoms with E-state index < -0.39 is 0 Å². The molecule has 19 heteroatoms. The van der Waals surface area contributed by atoms with E-state index in [4.69, 9.17) is 33.2 Å². The molecular formula is C55H69Cl2N15O2. The van der Waals surface area contributed by atoms with Crippen molar-refractivity contribution < 1.29 is 9.59 Å². The molecule has 4 aliphatic heterocycles. The van der Waals surface area contributed by atoms with Gasteiger partial charge in [0, 0.05) is 174 Å². The maximum atomic E-state index is 13.1. The molecule has 4 saturated heterocycles. The number of aromatic amines is 2. The number of hydrogen-bond acceptors (Lipinski definition) is 13. The van der Waals surface area contributed by atoms with Crippen molar-refractivity contribution in [3.8, 4) is 22.5 Å². The molecule has 0 spiro atoms. The molecule has 2 amide bonds. The van der Waals surface area contributed by atoms with Crippen LogP contribution < -0.4 is 10.6 Å². The Bertz CT molecular complexity index is 2710. The number of nitrogens with zero attached hydrogens (tertiary/aromatic N) is 11. The minimum absolute atomic E-state index is 0.0584. The highest BCUT2D eigenvalue weighted by Crippen LogP contribution is 2.34. The molecule has 17 nitrogen and oxygen atoms in total. The number of para-hydroxylation sites is 2. The summed E-state index contributed by atoms with van der Waals surface area (Å²) in [6, 6.07) is 16.8. The maximum absolute atomic E-state index is 13.1. The summed E-state index contributed by atoms with van der Waals surface area (Å²) < 4.78 is 0. The zero-order chi connectivity index (χ0) is 50.8. The van der Waals surface area contributed by atoms with Crippen molar-refractivity contribution in [1.82, 2.24) is 64.2 Å². The average Bonchev–Trinajstić information content (AvgIpc) is 4.06. The second-order valence-corrected chi connectivity index (χ2v) is 21.0. The Morgan fingerprint density at radius 1 is 0.608 bits per heavy atom. The largest absolute Gasteiger partial charge is 0.360 e. The smallest absolute Gasteiger partial charge is 0.246 e. The molecule has 0 saturated carbocycles. The number of anilines is 2. The lowest BCUT2D eigenvalue weighted by Gasteiger charge is -2.37. The standard InChI is InChI=1S/C55H69Cl2N15O2/c1-66(18-8-16-50(73)71-30-26-67(27-31-71)22-24-69-20-6-10-40(38-69)62-54-60-36-46(56)52(64-54)44-34-58-48-14-4-2-12-42(44)48)19-9-17-51(74)72-32-28-68(29-33-72)23-25-70-21-7-11-41(39-70)63-55-61-37-47(57)53(65-55)45-35-59-49-15-5-3-13-43(45)49/h2-5,8-9,12-17,34-37,40-41,58-59H,6-7,10-11,18-33,38-39H2,1H3,(H,60,62,64)(H,61,63,65)/b16-8+,17-9+/t40-,41-/m1/s1. The molecule has 0 unspecified atom stereocenters. The van der Waals surface area contributed by atoms with Gasteiger partial charge in [-0.1, -0.05) is 71.8 Å². The summed E-state index contributed by atoms with van der Waals surface area (Å²) in [5.41, 5.74) is 5.48. The Kier molecular flexibility index (Phi) is 17.2. The summed E-state index contributed by atoms with van der Waals surface area (Å²) >= 11 is 13.2. The molecule has 74 heavy (non-hydrogen) atoms. The number of H-pyrrole nitrogens is 2. The molecule has 6 aromatic rings. The molecule has 4 N–H and O–H groups in total. The molecule has 2 atom stereocenters. The van der Waals surface area contributed by atoms with Crippen LogP contribution in [0.25, 0.3) is 44.3 Å². The molecule has 4 aromatic heterocycles. The van der Waals surface area contributed by atoms with Crippen LogP contribution in [0.2, 0.25) is 10.0 Å². The molecule has 0 bridgehead atoms. The Morgan fingerprint density at radius 2 is 1.03 bits per heavy atom. The number of piperidine rings is 2. The van der Waals surface area contributed by atoms with E-state index in [1.165, 1.54) is 0 Å². The Balaban J connectivity index is 0.578. The summed E-state index contributed by atoms with van der Waals surface area (Å²) in [5.74, 6) is 1.31. The van der Waals surface area contributed by atoms with E-state index in [9.17, 15) is 9.59 Å². The summed E-state index contributed by atoms with van der Waals surface area (Å²) in [4.78, 5) is 67.6. The minimum atomic E-state index is 0.0584. The number of carbonyl (C=O) groups is 2. The van der Waals surface area contributed by atoms with Crippen LogP contribution in [0.4, 0.5) is 11.9 Å². The number of hydrogen-bond donors (Lipinski definition) is 4. The van der Waals surface area contributed by atoms with Gasteiger partial charge in [0.2, 0.25) is 23.7 Å². The third-order valence-electron chi connectivity index (χ3n) is 15.0. The van der Waals surface area contributed by atoms with Crippen LogP contribution in [-0.2, 0) is 9.59 Å². The molecular weight excluding hydrogens is 974 g/mol. The number of rotatable bonds is 18. The molecule has 4 fully saturated rings. The third kappa shape index (κ3) is 13.1. The van der Waals surface area contributed by atoms with Crippen molar-refractivity contribution in [3.05, 3.63) is 108 Å². The highest BCUT2D eigenvalue weighted by Gasteiger charge is 2.26. The summed E-state index contributed by atoms with van der Waals surface area (Å²) in [6.45, 7) is 15.5. The maximum Gasteiger partial charge on any atom is 0.246 e. The molecule has 8 heterocycles. The molecule has 390 valence electrons. The van der Waals surface area contributed by atoms with Gasteiger partial charge in [0.15, 0.2) is 0 Å². The van der Waals surface area contributed by atoms with E-state index in [1.807, 2.05) is 77.8 Å². The molecule has 4 aliphatic rings. The van der Waals surface area contributed by atoms with Crippen molar-refractivity contribution >= 4 is 68.7 Å². The summed E-state index contributed by atoms with van der Waals surface area (Å²) in [5, 5.41) is 10.4. The monoisotopic (exact) mass is 1040 g/mol. The molecule has 0 aliphatic carbocycles. The van der Waals surface area contributed by atoms with Crippen LogP contribution in [0.1, 0.15) is 25.7 Å². The predicted molar refractivity (Wildman–Crippen MR) is 297 cm³/mol. The zero-order valence-electron chi connectivity index (χ0n) is 42.4. The van der Waals surface area contributed by atoms with Crippen LogP contribution in [0.5, 0.6) is 0 Å². The second kappa shape index (κ2) is 24.6. The first-order chi connectivity index (χ1) is 36.2. The number of amides is 2. The number of benzene rings is 2. The van der Waals surface area contributed by atoms with Gasteiger partial charge in [0.1, 0.15) is 0 Å². The average molecular weight is 1040 g/mol. The quantitative estimate of drug-likeness (QED) is 0.0678. The van der Waals surface area contributed by atoms with Crippen molar-refractivity contribution in [1.29, 1.82) is 0 Å². The van der Waals surface area contributed by atoms with Gasteiger partial charge in [-0.05, 0) is 58.0 Å². The first kappa shape index (κ1) is 51.6. The fourth-order valence-electron chi connectivity index (χ4n) is 10.8. The number of piperazine rings is 2. The highest BCUT2D eigenvalue weighted by molar-refractivity contribution is 6.33. The van der Waals surface area contributed by atoms with Gasteiger partial charge in [-0.15, -0.1) is 0 Å². The number of likely N-dealkylation sites (tertiary alicyclic amines) is 2. The predicted octanol–water partition coefficient (Wildman–Crippen LogP) is 6.66. The van der Waals surface area contributed by atoms with Crippen molar-refractivity contribution in [3.63, 3.8) is 0 Å². The Morgan fingerprint density at radius 3 is 1.47 bits per heavy atom. The number of likely N-dealkylation sites (N-methyl/N-ethyl adjacent to an activating group) is 1. The molecule has 10 rings (SSSR count). The molecule has 0 radical (unpaired) electrons. The minimum Gasteiger partial charge on any atom is -0.360 e. The summed E-state index contributed by atoms with van der Waals surface area (Å²) in [7, 11) is 2.00.